The van der Waals surface area contributed by atoms with Gasteiger partial charge in [-0.1, -0.05) is 26.7 Å². The second kappa shape index (κ2) is 8.39. The predicted octanol–water partition coefficient (Wildman–Crippen LogP) is 2.35. The summed E-state index contributed by atoms with van der Waals surface area (Å²) in [4.78, 5) is 33.4. The van der Waals surface area contributed by atoms with Crippen molar-refractivity contribution in [2.45, 2.75) is 45.1 Å². The molecular formula is C16H22N2O6. The van der Waals surface area contributed by atoms with Gasteiger partial charge in [0.2, 0.25) is 0 Å². The molecule has 132 valence electrons. The molecule has 0 aliphatic heterocycles. The van der Waals surface area contributed by atoms with Crippen LogP contribution in [-0.2, 0) is 0 Å². The molecule has 1 amide bonds. The van der Waals surface area contributed by atoms with Crippen molar-refractivity contribution >= 4 is 17.6 Å². The van der Waals surface area contributed by atoms with Gasteiger partial charge in [0.25, 0.3) is 11.6 Å². The molecule has 8 nitrogen and oxygen atoms in total. The van der Waals surface area contributed by atoms with Crippen molar-refractivity contribution in [1.29, 1.82) is 0 Å². The summed E-state index contributed by atoms with van der Waals surface area (Å²) in [6.45, 7) is 3.84. The molecule has 0 unspecified atom stereocenters. The number of carboxylic acid groups (broad SMARTS) is 1. The largest absolute Gasteiger partial charge is 0.478 e. The van der Waals surface area contributed by atoms with Gasteiger partial charge in [-0.3, -0.25) is 14.9 Å². The molecule has 0 spiro atoms. The number of nitrogens with one attached hydrogen (secondary N) is 1. The van der Waals surface area contributed by atoms with Crippen LogP contribution in [0.25, 0.3) is 0 Å². The number of amides is 1. The van der Waals surface area contributed by atoms with Gasteiger partial charge in [0, 0.05) is 24.2 Å². The summed E-state index contributed by atoms with van der Waals surface area (Å²) >= 11 is 0. The Morgan fingerprint density at radius 1 is 1.17 bits per heavy atom. The van der Waals surface area contributed by atoms with Crippen molar-refractivity contribution in [2.24, 2.45) is 0 Å². The first kappa shape index (κ1) is 19.6. The van der Waals surface area contributed by atoms with Gasteiger partial charge in [-0.25, -0.2) is 4.79 Å². The van der Waals surface area contributed by atoms with E-state index in [2.05, 4.69) is 5.32 Å². The van der Waals surface area contributed by atoms with Crippen molar-refractivity contribution in [3.05, 3.63) is 39.4 Å². The minimum absolute atomic E-state index is 0.00138. The van der Waals surface area contributed by atoms with Crippen LogP contribution >= 0.6 is 0 Å². The number of carboxylic acids is 1. The Morgan fingerprint density at radius 3 is 2.17 bits per heavy atom. The van der Waals surface area contributed by atoms with Crippen LogP contribution < -0.4 is 5.32 Å². The normalized spacial score (nSPS) is 11.1. The van der Waals surface area contributed by atoms with E-state index in [1.54, 1.807) is 0 Å². The number of carbonyl (C=O) groups excluding carboxylic acids is 1. The minimum Gasteiger partial charge on any atom is -0.478 e. The highest BCUT2D eigenvalue weighted by Crippen LogP contribution is 2.20. The first-order valence-corrected chi connectivity index (χ1v) is 7.75. The SMILES string of the molecule is CCCC(O)(CCC)CNC(=O)c1cc(C(=O)O)cc([N+](=O)[O-])c1. The van der Waals surface area contributed by atoms with E-state index >= 15 is 0 Å². The highest BCUT2D eigenvalue weighted by molar-refractivity contribution is 5.98. The third-order valence-electron chi connectivity index (χ3n) is 3.65. The average molecular weight is 338 g/mol. The number of aliphatic hydroxyl groups is 1. The summed E-state index contributed by atoms with van der Waals surface area (Å²) in [6.07, 6.45) is 2.51. The zero-order valence-electron chi connectivity index (χ0n) is 13.7. The van der Waals surface area contributed by atoms with Gasteiger partial charge in [-0.05, 0) is 18.9 Å². The van der Waals surface area contributed by atoms with E-state index in [9.17, 15) is 24.8 Å². The maximum atomic E-state index is 12.2. The fraction of sp³-hybridized carbons (Fsp3) is 0.500. The van der Waals surface area contributed by atoms with E-state index in [0.29, 0.717) is 12.8 Å². The molecule has 0 atom stereocenters. The Balaban J connectivity index is 2.98. The molecule has 0 saturated heterocycles. The van der Waals surface area contributed by atoms with Crippen LogP contribution in [0.5, 0.6) is 0 Å². The molecule has 0 aliphatic carbocycles. The topological polar surface area (TPSA) is 130 Å². The Bertz CT molecular complexity index is 591. The number of benzene rings is 1. The standard InChI is InChI=1S/C16H22N2O6/c1-3-5-16(22,6-4-2)10-17-14(19)11-7-12(15(20)21)9-13(8-11)18(23)24/h7-9,22H,3-6,10H2,1-2H3,(H,17,19)(H,20,21). The maximum Gasteiger partial charge on any atom is 0.335 e. The summed E-state index contributed by atoms with van der Waals surface area (Å²) in [5.41, 5.74) is -1.99. The molecule has 0 radical (unpaired) electrons. The van der Waals surface area contributed by atoms with E-state index in [1.165, 1.54) is 0 Å². The van der Waals surface area contributed by atoms with E-state index < -0.39 is 28.1 Å². The second-order valence-electron chi connectivity index (χ2n) is 5.74. The zero-order valence-corrected chi connectivity index (χ0v) is 13.7. The summed E-state index contributed by atoms with van der Waals surface area (Å²) < 4.78 is 0. The number of hydrogen-bond acceptors (Lipinski definition) is 5. The predicted molar refractivity (Wildman–Crippen MR) is 87.2 cm³/mol. The molecule has 0 aromatic heterocycles. The van der Waals surface area contributed by atoms with Gasteiger partial charge in [-0.2, -0.15) is 0 Å². The molecule has 3 N–H and O–H groups in total. The number of aromatic carboxylic acids is 1. The van der Waals surface area contributed by atoms with Crippen LogP contribution in [0.15, 0.2) is 18.2 Å². The van der Waals surface area contributed by atoms with Crippen molar-refractivity contribution in [2.75, 3.05) is 6.54 Å². The Labute approximate surface area is 139 Å². The van der Waals surface area contributed by atoms with Gasteiger partial charge in [0.1, 0.15) is 0 Å². The Kier molecular flexibility index (Phi) is 6.84. The number of hydrogen-bond donors (Lipinski definition) is 3. The van der Waals surface area contributed by atoms with Gasteiger partial charge >= 0.3 is 5.97 Å². The van der Waals surface area contributed by atoms with Crippen molar-refractivity contribution < 1.29 is 24.7 Å². The van der Waals surface area contributed by atoms with Gasteiger partial charge < -0.3 is 15.5 Å². The summed E-state index contributed by atoms with van der Waals surface area (Å²) in [5, 5.41) is 32.9. The van der Waals surface area contributed by atoms with Crippen LogP contribution in [-0.4, -0.2) is 39.2 Å². The highest BCUT2D eigenvalue weighted by Gasteiger charge is 2.26. The number of nitro groups is 1. The highest BCUT2D eigenvalue weighted by atomic mass is 16.6. The lowest BCUT2D eigenvalue weighted by Gasteiger charge is -2.27. The van der Waals surface area contributed by atoms with Crippen LogP contribution in [0, 0.1) is 10.1 Å². The van der Waals surface area contributed by atoms with Crippen molar-refractivity contribution in [3.8, 4) is 0 Å². The van der Waals surface area contributed by atoms with Crippen LogP contribution in [0.2, 0.25) is 0 Å². The second-order valence-corrected chi connectivity index (χ2v) is 5.74. The van der Waals surface area contributed by atoms with Crippen LogP contribution in [0.4, 0.5) is 5.69 Å². The van der Waals surface area contributed by atoms with Crippen molar-refractivity contribution in [3.63, 3.8) is 0 Å². The fourth-order valence-electron chi connectivity index (χ4n) is 2.55. The lowest BCUT2D eigenvalue weighted by molar-refractivity contribution is -0.384. The lowest BCUT2D eigenvalue weighted by atomic mass is 9.92. The maximum absolute atomic E-state index is 12.2. The van der Waals surface area contributed by atoms with E-state index in [1.807, 2.05) is 13.8 Å². The molecular weight excluding hydrogens is 316 g/mol. The Hall–Kier alpha value is -2.48. The molecule has 0 aliphatic rings. The van der Waals surface area contributed by atoms with Gasteiger partial charge in [0.15, 0.2) is 0 Å². The van der Waals surface area contributed by atoms with Crippen molar-refractivity contribution in [1.82, 2.24) is 5.32 Å². The molecule has 1 aromatic rings. The first-order chi connectivity index (χ1) is 11.2. The van der Waals surface area contributed by atoms with E-state index in [0.717, 1.165) is 31.0 Å². The van der Waals surface area contributed by atoms with Gasteiger partial charge in [0.05, 0.1) is 16.1 Å². The monoisotopic (exact) mass is 338 g/mol. The number of non-ortho nitro benzene ring substituents is 1. The quantitative estimate of drug-likeness (QED) is 0.468. The average Bonchev–Trinajstić information content (AvgIpc) is 2.52. The summed E-state index contributed by atoms with van der Waals surface area (Å²) in [7, 11) is 0. The van der Waals surface area contributed by atoms with Crippen LogP contribution in [0.3, 0.4) is 0 Å². The van der Waals surface area contributed by atoms with Gasteiger partial charge in [-0.15, -0.1) is 0 Å². The number of nitro benzene ring substituents is 1. The molecule has 0 heterocycles. The Morgan fingerprint density at radius 2 is 1.71 bits per heavy atom. The molecule has 1 aromatic carbocycles. The number of nitrogens with zero attached hydrogens (tertiary/aromatic N) is 1. The summed E-state index contributed by atoms with van der Waals surface area (Å²) in [5.74, 6) is -2.02. The molecule has 0 saturated carbocycles. The summed E-state index contributed by atoms with van der Waals surface area (Å²) in [6, 6.07) is 2.98. The molecule has 1 rings (SSSR count). The van der Waals surface area contributed by atoms with E-state index in [4.69, 9.17) is 5.11 Å². The first-order valence-electron chi connectivity index (χ1n) is 7.75. The number of carbonyl (C=O) groups is 2. The third kappa shape index (κ3) is 5.31. The minimum atomic E-state index is -1.36. The molecule has 8 heteroatoms. The molecule has 0 bridgehead atoms. The smallest absolute Gasteiger partial charge is 0.335 e. The van der Waals surface area contributed by atoms with Crippen LogP contribution in [0.1, 0.15) is 60.2 Å². The molecule has 24 heavy (non-hydrogen) atoms. The third-order valence-corrected chi connectivity index (χ3v) is 3.65. The lowest BCUT2D eigenvalue weighted by Crippen LogP contribution is -2.42. The number of rotatable bonds is 9. The van der Waals surface area contributed by atoms with E-state index in [-0.39, 0.29) is 17.7 Å². The fourth-order valence-corrected chi connectivity index (χ4v) is 2.55. The molecule has 0 fully saturated rings. The zero-order chi connectivity index (χ0) is 18.3.